The zero-order valence-electron chi connectivity index (χ0n) is 49.0. The quantitative estimate of drug-likeness (QED) is 0.0272. The molecule has 0 spiro atoms. The van der Waals surface area contributed by atoms with E-state index in [9.17, 15) is 19.4 Å². The monoisotopic (exact) mass is 1060 g/mol. The second-order valence-corrected chi connectivity index (χ2v) is 22.7. The van der Waals surface area contributed by atoms with Gasteiger partial charge in [-0.1, -0.05) is 270 Å². The van der Waals surface area contributed by atoms with E-state index in [4.69, 9.17) is 9.05 Å². The van der Waals surface area contributed by atoms with Crippen molar-refractivity contribution in [1.29, 1.82) is 0 Å². The zero-order valence-corrected chi connectivity index (χ0v) is 49.8. The van der Waals surface area contributed by atoms with Crippen molar-refractivity contribution < 1.29 is 32.9 Å². The summed E-state index contributed by atoms with van der Waals surface area (Å²) < 4.78 is 23.3. The van der Waals surface area contributed by atoms with Gasteiger partial charge in [0.1, 0.15) is 13.2 Å². The first-order valence-corrected chi connectivity index (χ1v) is 31.9. The van der Waals surface area contributed by atoms with Crippen molar-refractivity contribution in [3.63, 3.8) is 0 Å². The highest BCUT2D eigenvalue weighted by Crippen LogP contribution is 2.38. The van der Waals surface area contributed by atoms with E-state index in [-0.39, 0.29) is 18.9 Å². The smallest absolute Gasteiger partial charge is 0.268 e. The lowest BCUT2D eigenvalue weighted by Crippen LogP contribution is -2.45. The predicted octanol–water partition coefficient (Wildman–Crippen LogP) is 18.3. The van der Waals surface area contributed by atoms with E-state index in [0.29, 0.717) is 17.4 Å². The third kappa shape index (κ3) is 58.4. The summed E-state index contributed by atoms with van der Waals surface area (Å²) >= 11 is 0. The first kappa shape index (κ1) is 71.9. The molecule has 0 fully saturated rings. The summed E-state index contributed by atoms with van der Waals surface area (Å²) in [7, 11) is 1.21. The molecule has 0 aromatic heterocycles. The van der Waals surface area contributed by atoms with E-state index in [0.717, 1.165) is 83.5 Å². The van der Waals surface area contributed by atoms with Gasteiger partial charge in [-0.25, -0.2) is 0 Å². The van der Waals surface area contributed by atoms with Crippen LogP contribution < -0.4 is 10.2 Å². The van der Waals surface area contributed by atoms with Gasteiger partial charge in [0.15, 0.2) is 0 Å². The molecular weight excluding hydrogens is 948 g/mol. The molecule has 8 nitrogen and oxygen atoms in total. The van der Waals surface area contributed by atoms with Crippen LogP contribution in [0.1, 0.15) is 239 Å². The topological polar surface area (TPSA) is 108 Å². The Kier molecular flexibility index (Phi) is 53.3. The number of rotatable bonds is 54. The minimum absolute atomic E-state index is 0.0185. The molecule has 0 bridgehead atoms. The molecule has 0 saturated heterocycles. The highest BCUT2D eigenvalue weighted by atomic mass is 31.2. The molecule has 0 radical (unpaired) electrons. The van der Waals surface area contributed by atoms with E-state index in [1.54, 1.807) is 6.08 Å². The van der Waals surface area contributed by atoms with Crippen LogP contribution in [0, 0.1) is 0 Å². The van der Waals surface area contributed by atoms with Crippen LogP contribution in [0.2, 0.25) is 0 Å². The van der Waals surface area contributed by atoms with E-state index in [1.807, 2.05) is 27.2 Å². The van der Waals surface area contributed by atoms with Crippen LogP contribution in [-0.4, -0.2) is 68.5 Å². The van der Waals surface area contributed by atoms with Gasteiger partial charge < -0.3 is 28.8 Å². The summed E-state index contributed by atoms with van der Waals surface area (Å²) in [6.07, 6.45) is 82.9. The van der Waals surface area contributed by atoms with E-state index >= 15 is 0 Å². The van der Waals surface area contributed by atoms with Crippen molar-refractivity contribution in [2.75, 3.05) is 40.9 Å². The molecular formula is C66H115N2O6P. The Morgan fingerprint density at radius 1 is 0.480 bits per heavy atom. The lowest BCUT2D eigenvalue weighted by Gasteiger charge is -2.29. The average molecular weight is 1060 g/mol. The Hall–Kier alpha value is -3.10. The van der Waals surface area contributed by atoms with E-state index in [1.165, 1.54) is 128 Å². The molecule has 0 aliphatic heterocycles. The standard InChI is InChI=1S/C66H115N2O6P/c1-6-8-10-12-14-16-18-20-22-24-26-28-30-32-33-34-35-36-38-40-42-44-46-48-50-52-54-56-58-60-66(70)67-64(63-74-75(71,72)73-62-61-68(3,4)5)65(69)59-57-55-53-51-49-47-45-43-41-39-37-31-29-27-25-23-21-19-17-15-13-11-9-7-2/h8,10,14,16,20,22,26,28,32-33,35-36,40,42,46,48,52,54,57,59,64-65,69H,6-7,9,11-13,15,17-19,21,23-25,27,29-31,34,37-39,41,43-45,47,49-51,53,55-56,58,60-63H2,1-5H3,(H-,67,70,71,72)/b10-8-,16-14-,22-20-,28-26-,33-32-,36-35-,42-40-,48-46-,54-52-,59-57+. The number of unbranched alkanes of at least 4 members (excludes halogenated alkanes) is 23. The zero-order chi connectivity index (χ0) is 54.9. The third-order valence-electron chi connectivity index (χ3n) is 12.9. The van der Waals surface area contributed by atoms with Crippen LogP contribution in [0.4, 0.5) is 0 Å². The average Bonchev–Trinajstić information content (AvgIpc) is 3.37. The third-order valence-corrected chi connectivity index (χ3v) is 13.9. The number of amides is 1. The lowest BCUT2D eigenvalue weighted by atomic mass is 10.0. The number of carbonyl (C=O) groups excluding carboxylic acids is 1. The minimum atomic E-state index is -4.62. The number of phosphoric acid groups is 1. The first-order chi connectivity index (χ1) is 36.5. The fourth-order valence-corrected chi connectivity index (χ4v) is 8.94. The maximum absolute atomic E-state index is 13.0. The summed E-state index contributed by atoms with van der Waals surface area (Å²) in [5.74, 6) is -0.258. The molecule has 430 valence electrons. The van der Waals surface area contributed by atoms with Gasteiger partial charge in [-0.15, -0.1) is 0 Å². The molecule has 9 heteroatoms. The molecule has 0 rings (SSSR count). The predicted molar refractivity (Wildman–Crippen MR) is 325 cm³/mol. The van der Waals surface area contributed by atoms with Crippen LogP contribution in [0.3, 0.4) is 0 Å². The Balaban J connectivity index is 4.35. The van der Waals surface area contributed by atoms with Gasteiger partial charge in [0.2, 0.25) is 5.91 Å². The van der Waals surface area contributed by atoms with Crippen molar-refractivity contribution in [1.82, 2.24) is 5.32 Å². The molecule has 3 unspecified atom stereocenters. The summed E-state index contributed by atoms with van der Waals surface area (Å²) in [6, 6.07) is -0.928. The van der Waals surface area contributed by atoms with Gasteiger partial charge >= 0.3 is 0 Å². The molecule has 0 aromatic carbocycles. The number of carbonyl (C=O) groups is 1. The number of nitrogens with one attached hydrogen (secondary N) is 1. The van der Waals surface area contributed by atoms with Gasteiger partial charge in [0.05, 0.1) is 39.9 Å². The molecule has 0 aliphatic rings. The molecule has 0 saturated carbocycles. The first-order valence-electron chi connectivity index (χ1n) is 30.4. The maximum atomic E-state index is 13.0. The number of aliphatic hydroxyl groups is 1. The van der Waals surface area contributed by atoms with Gasteiger partial charge in [0, 0.05) is 6.42 Å². The van der Waals surface area contributed by atoms with E-state index < -0.39 is 26.6 Å². The summed E-state index contributed by atoms with van der Waals surface area (Å²) in [6.45, 7) is 4.50. The summed E-state index contributed by atoms with van der Waals surface area (Å²) in [4.78, 5) is 25.5. The Bertz CT molecular complexity index is 1630. The van der Waals surface area contributed by atoms with Crippen molar-refractivity contribution >= 4 is 13.7 Å². The normalized spacial score (nSPS) is 14.7. The highest BCUT2D eigenvalue weighted by molar-refractivity contribution is 7.45. The minimum Gasteiger partial charge on any atom is -0.756 e. The number of likely N-dealkylation sites (N-methyl/N-ethyl adjacent to an activating group) is 1. The molecule has 0 aromatic rings. The highest BCUT2D eigenvalue weighted by Gasteiger charge is 2.23. The van der Waals surface area contributed by atoms with Crippen molar-refractivity contribution in [3.8, 4) is 0 Å². The van der Waals surface area contributed by atoms with Gasteiger partial charge in [-0.3, -0.25) is 9.36 Å². The second-order valence-electron chi connectivity index (χ2n) is 21.3. The van der Waals surface area contributed by atoms with Gasteiger partial charge in [-0.2, -0.15) is 0 Å². The number of phosphoric ester groups is 1. The molecule has 3 atom stereocenters. The SMILES string of the molecule is CC/C=C\C/C=C\C/C=C\C/C=C\C/C=C\C/C=C\C/C=C\C/C=C\C/C=C\CCCC(=O)NC(COP(=O)([O-])OCC[N+](C)(C)C)C(O)/C=C/CCCCCCCCCCCCCCCCCCCCCCCC. The Morgan fingerprint density at radius 3 is 1.17 bits per heavy atom. The van der Waals surface area contributed by atoms with Crippen molar-refractivity contribution in [2.24, 2.45) is 0 Å². The largest absolute Gasteiger partial charge is 0.756 e. The molecule has 0 heterocycles. The number of aliphatic hydroxyl groups excluding tert-OH is 1. The second kappa shape index (κ2) is 55.6. The number of hydrogen-bond acceptors (Lipinski definition) is 6. The van der Waals surface area contributed by atoms with Crippen LogP contribution >= 0.6 is 7.82 Å². The van der Waals surface area contributed by atoms with Crippen LogP contribution in [-0.2, 0) is 18.4 Å². The number of nitrogens with zero attached hydrogens (tertiary/aromatic N) is 1. The molecule has 75 heavy (non-hydrogen) atoms. The van der Waals surface area contributed by atoms with Crippen molar-refractivity contribution in [3.05, 3.63) is 122 Å². The van der Waals surface area contributed by atoms with Crippen LogP contribution in [0.15, 0.2) is 122 Å². The number of allylic oxidation sites excluding steroid dienone is 19. The van der Waals surface area contributed by atoms with Crippen molar-refractivity contribution in [2.45, 2.75) is 251 Å². The summed E-state index contributed by atoms with van der Waals surface area (Å²) in [5, 5.41) is 13.9. The fourth-order valence-electron chi connectivity index (χ4n) is 8.21. The molecule has 1 amide bonds. The fraction of sp³-hybridized carbons (Fsp3) is 0.682. The number of quaternary nitrogens is 1. The molecule has 0 aliphatic carbocycles. The molecule has 2 N–H and O–H groups in total. The lowest BCUT2D eigenvalue weighted by molar-refractivity contribution is -0.870. The Labute approximate surface area is 463 Å². The van der Waals surface area contributed by atoms with Gasteiger partial charge in [-0.05, 0) is 83.5 Å². The Morgan fingerprint density at radius 2 is 0.813 bits per heavy atom. The van der Waals surface area contributed by atoms with Crippen LogP contribution in [0.25, 0.3) is 0 Å². The van der Waals surface area contributed by atoms with Crippen LogP contribution in [0.5, 0.6) is 0 Å². The van der Waals surface area contributed by atoms with Gasteiger partial charge in [0.25, 0.3) is 7.82 Å². The summed E-state index contributed by atoms with van der Waals surface area (Å²) in [5.41, 5.74) is 0. The maximum Gasteiger partial charge on any atom is 0.268 e. The van der Waals surface area contributed by atoms with E-state index in [2.05, 4.69) is 129 Å². The number of hydrogen-bond donors (Lipinski definition) is 2.